The molecule has 0 aromatic carbocycles. The number of amides is 1. The van der Waals surface area contributed by atoms with Crippen molar-refractivity contribution < 1.29 is 4.79 Å². The van der Waals surface area contributed by atoms with E-state index in [-0.39, 0.29) is 11.9 Å². The summed E-state index contributed by atoms with van der Waals surface area (Å²) in [5.41, 5.74) is 0. The summed E-state index contributed by atoms with van der Waals surface area (Å²) in [7, 11) is 0. The normalized spacial score (nSPS) is 24.0. The van der Waals surface area contributed by atoms with E-state index in [9.17, 15) is 4.79 Å². The highest BCUT2D eigenvalue weighted by molar-refractivity contribution is 5.76. The average molecular weight is 179 g/mol. The highest BCUT2D eigenvalue weighted by atomic mass is 16.1. The zero-order valence-corrected chi connectivity index (χ0v) is 7.96. The van der Waals surface area contributed by atoms with E-state index >= 15 is 0 Å². The Morgan fingerprint density at radius 1 is 1.54 bits per heavy atom. The molecule has 1 rings (SSSR count). The molecule has 0 spiro atoms. The van der Waals surface area contributed by atoms with Gasteiger partial charge in [-0.1, -0.05) is 18.2 Å². The van der Waals surface area contributed by atoms with Crippen LogP contribution in [0.3, 0.4) is 0 Å². The van der Waals surface area contributed by atoms with Crippen LogP contribution in [0.4, 0.5) is 0 Å². The highest BCUT2D eigenvalue weighted by Gasteiger charge is 2.10. The zero-order chi connectivity index (χ0) is 9.52. The number of nitrogens with one attached hydrogen (secondary N) is 1. The van der Waals surface area contributed by atoms with E-state index in [1.807, 2.05) is 6.08 Å². The minimum absolute atomic E-state index is 0.165. The van der Waals surface area contributed by atoms with Crippen molar-refractivity contribution in [1.29, 1.82) is 0 Å². The van der Waals surface area contributed by atoms with Crippen molar-refractivity contribution in [3.63, 3.8) is 0 Å². The van der Waals surface area contributed by atoms with Crippen LogP contribution in [0.15, 0.2) is 24.8 Å². The topological polar surface area (TPSA) is 29.1 Å². The summed E-state index contributed by atoms with van der Waals surface area (Å²) < 4.78 is 0. The lowest BCUT2D eigenvalue weighted by Gasteiger charge is -2.15. The Kier molecular flexibility index (Phi) is 4.30. The summed E-state index contributed by atoms with van der Waals surface area (Å²) in [4.78, 5) is 11.3. The number of hydrogen-bond donors (Lipinski definition) is 1. The van der Waals surface area contributed by atoms with Crippen molar-refractivity contribution in [1.82, 2.24) is 5.32 Å². The largest absolute Gasteiger partial charge is 0.353 e. The number of allylic oxidation sites excluding steroid dienone is 2. The first-order valence-electron chi connectivity index (χ1n) is 4.88. The van der Waals surface area contributed by atoms with Gasteiger partial charge >= 0.3 is 0 Å². The first-order chi connectivity index (χ1) is 6.33. The second-order valence-corrected chi connectivity index (χ2v) is 3.38. The molecule has 1 heterocycles. The van der Waals surface area contributed by atoms with Crippen LogP contribution in [0, 0.1) is 0 Å². The fourth-order valence-electron chi connectivity index (χ4n) is 1.50. The summed E-state index contributed by atoms with van der Waals surface area (Å²) in [5, 5.41) is 3.01. The molecule has 0 radical (unpaired) electrons. The van der Waals surface area contributed by atoms with Gasteiger partial charge in [0.2, 0.25) is 5.91 Å². The highest BCUT2D eigenvalue weighted by Crippen LogP contribution is 2.07. The van der Waals surface area contributed by atoms with E-state index in [1.54, 1.807) is 0 Å². The van der Waals surface area contributed by atoms with Crippen molar-refractivity contribution in [2.45, 2.75) is 38.1 Å². The SMILES string of the molecule is C=CCC1CCC=CCCC(=O)N1. The van der Waals surface area contributed by atoms with Gasteiger partial charge in [-0.15, -0.1) is 6.58 Å². The molecule has 2 heteroatoms. The van der Waals surface area contributed by atoms with Gasteiger partial charge < -0.3 is 5.32 Å². The Hall–Kier alpha value is -1.05. The van der Waals surface area contributed by atoms with Crippen LogP contribution in [0.2, 0.25) is 0 Å². The molecule has 1 aliphatic heterocycles. The fraction of sp³-hybridized carbons (Fsp3) is 0.545. The summed E-state index contributed by atoms with van der Waals surface area (Å²) in [6.07, 6.45) is 10.6. The second kappa shape index (κ2) is 5.57. The molecule has 1 atom stereocenters. The van der Waals surface area contributed by atoms with Gasteiger partial charge in [0.25, 0.3) is 0 Å². The van der Waals surface area contributed by atoms with E-state index in [1.165, 1.54) is 0 Å². The van der Waals surface area contributed by atoms with Crippen LogP contribution < -0.4 is 5.32 Å². The number of hydrogen-bond acceptors (Lipinski definition) is 1. The lowest BCUT2D eigenvalue weighted by atomic mass is 10.1. The molecule has 0 aliphatic carbocycles. The van der Waals surface area contributed by atoms with Gasteiger partial charge in [-0.2, -0.15) is 0 Å². The van der Waals surface area contributed by atoms with Gasteiger partial charge in [0.1, 0.15) is 0 Å². The first kappa shape index (κ1) is 10.0. The predicted molar refractivity (Wildman–Crippen MR) is 54.4 cm³/mol. The minimum atomic E-state index is 0.165. The Balaban J connectivity index is 2.47. The van der Waals surface area contributed by atoms with Crippen LogP contribution in [0.5, 0.6) is 0 Å². The zero-order valence-electron chi connectivity index (χ0n) is 7.96. The lowest BCUT2D eigenvalue weighted by molar-refractivity contribution is -0.121. The first-order valence-corrected chi connectivity index (χ1v) is 4.88. The number of carbonyl (C=O) groups excluding carboxylic acids is 1. The molecule has 0 aromatic heterocycles. The molecule has 0 bridgehead atoms. The third-order valence-electron chi connectivity index (χ3n) is 2.20. The lowest BCUT2D eigenvalue weighted by Crippen LogP contribution is -2.33. The molecule has 13 heavy (non-hydrogen) atoms. The van der Waals surface area contributed by atoms with Gasteiger partial charge in [-0.05, 0) is 25.7 Å². The van der Waals surface area contributed by atoms with E-state index in [4.69, 9.17) is 0 Å². The summed E-state index contributed by atoms with van der Waals surface area (Å²) >= 11 is 0. The van der Waals surface area contributed by atoms with Crippen molar-refractivity contribution >= 4 is 5.91 Å². The Morgan fingerprint density at radius 2 is 2.31 bits per heavy atom. The Bertz CT molecular complexity index is 208. The van der Waals surface area contributed by atoms with Crippen LogP contribution in [-0.2, 0) is 4.79 Å². The molecule has 2 nitrogen and oxygen atoms in total. The maximum Gasteiger partial charge on any atom is 0.220 e. The molecule has 1 N–H and O–H groups in total. The molecule has 0 aromatic rings. The Morgan fingerprint density at radius 3 is 3.08 bits per heavy atom. The molecule has 0 saturated heterocycles. The van der Waals surface area contributed by atoms with Crippen LogP contribution in [0.1, 0.15) is 32.1 Å². The molecular formula is C11H17NO. The molecule has 1 amide bonds. The minimum Gasteiger partial charge on any atom is -0.353 e. The monoisotopic (exact) mass is 179 g/mol. The summed E-state index contributed by atoms with van der Waals surface area (Å²) in [5.74, 6) is 0.165. The Labute approximate surface area is 79.7 Å². The van der Waals surface area contributed by atoms with Gasteiger partial charge in [-0.25, -0.2) is 0 Å². The van der Waals surface area contributed by atoms with E-state index in [0.717, 1.165) is 25.7 Å². The third kappa shape index (κ3) is 3.92. The molecule has 72 valence electrons. The maximum atomic E-state index is 11.3. The molecule has 1 aliphatic rings. The van der Waals surface area contributed by atoms with Crippen LogP contribution in [0.25, 0.3) is 0 Å². The molecule has 1 unspecified atom stereocenters. The summed E-state index contributed by atoms with van der Waals surface area (Å²) in [6, 6.07) is 0.285. The van der Waals surface area contributed by atoms with Crippen molar-refractivity contribution in [2.24, 2.45) is 0 Å². The number of carbonyl (C=O) groups is 1. The molecule has 0 fully saturated rings. The molecule has 0 saturated carbocycles. The second-order valence-electron chi connectivity index (χ2n) is 3.38. The van der Waals surface area contributed by atoms with Crippen molar-refractivity contribution in [3.05, 3.63) is 24.8 Å². The van der Waals surface area contributed by atoms with Crippen molar-refractivity contribution in [3.8, 4) is 0 Å². The summed E-state index contributed by atoms with van der Waals surface area (Å²) in [6.45, 7) is 3.69. The predicted octanol–water partition coefficient (Wildman–Crippen LogP) is 2.18. The number of rotatable bonds is 2. The van der Waals surface area contributed by atoms with Gasteiger partial charge in [0.15, 0.2) is 0 Å². The van der Waals surface area contributed by atoms with Gasteiger partial charge in [-0.3, -0.25) is 4.79 Å². The van der Waals surface area contributed by atoms with E-state index in [2.05, 4.69) is 24.0 Å². The van der Waals surface area contributed by atoms with Gasteiger partial charge in [0.05, 0.1) is 0 Å². The van der Waals surface area contributed by atoms with Crippen LogP contribution in [-0.4, -0.2) is 11.9 Å². The quantitative estimate of drug-likeness (QED) is 0.647. The third-order valence-corrected chi connectivity index (χ3v) is 2.20. The van der Waals surface area contributed by atoms with Crippen molar-refractivity contribution in [2.75, 3.05) is 0 Å². The standard InChI is InChI=1S/C11H17NO/c1-2-7-10-8-5-3-4-6-9-11(13)12-10/h2-4,10H,1,5-9H2,(H,12,13). The molecular weight excluding hydrogens is 162 g/mol. The van der Waals surface area contributed by atoms with Crippen LogP contribution >= 0.6 is 0 Å². The smallest absolute Gasteiger partial charge is 0.220 e. The van der Waals surface area contributed by atoms with E-state index in [0.29, 0.717) is 6.42 Å². The fourth-order valence-corrected chi connectivity index (χ4v) is 1.50. The maximum absolute atomic E-state index is 11.3. The van der Waals surface area contributed by atoms with Gasteiger partial charge in [0, 0.05) is 12.5 Å². The van der Waals surface area contributed by atoms with E-state index < -0.39 is 0 Å². The average Bonchev–Trinajstić information content (AvgIpc) is 2.18.